The number of aromatic amines is 1. The van der Waals surface area contributed by atoms with Crippen molar-refractivity contribution < 1.29 is 19.0 Å². The summed E-state index contributed by atoms with van der Waals surface area (Å²) in [4.78, 5) is 14.0. The second-order valence-electron chi connectivity index (χ2n) is 3.23. The highest BCUT2D eigenvalue weighted by atomic mass is 19.1. The van der Waals surface area contributed by atoms with Crippen LogP contribution in [0.25, 0.3) is 10.9 Å². The first-order valence-corrected chi connectivity index (χ1v) is 4.81. The highest BCUT2D eigenvalue weighted by molar-refractivity contribution is 6.00. The summed E-state index contributed by atoms with van der Waals surface area (Å²) in [5, 5.41) is 9.70. The van der Waals surface area contributed by atoms with Crippen molar-refractivity contribution in [3.8, 4) is 5.75 Å². The van der Waals surface area contributed by atoms with Crippen LogP contribution in [-0.4, -0.2) is 22.7 Å². The number of ether oxygens (including phenoxy) is 1. The summed E-state index contributed by atoms with van der Waals surface area (Å²) in [5.41, 5.74) is 0.238. The number of rotatable bonds is 2. The van der Waals surface area contributed by atoms with Crippen molar-refractivity contribution in [2.45, 2.75) is 6.92 Å². The Morgan fingerprint density at radius 2 is 2.31 bits per heavy atom. The first-order chi connectivity index (χ1) is 7.65. The van der Waals surface area contributed by atoms with Crippen LogP contribution < -0.4 is 0 Å². The van der Waals surface area contributed by atoms with Gasteiger partial charge in [-0.3, -0.25) is 0 Å². The first kappa shape index (κ1) is 10.5. The van der Waals surface area contributed by atoms with Crippen LogP contribution in [0.4, 0.5) is 4.39 Å². The van der Waals surface area contributed by atoms with E-state index in [0.717, 1.165) is 0 Å². The molecule has 0 saturated carbocycles. The molecule has 84 valence electrons. The van der Waals surface area contributed by atoms with E-state index in [4.69, 9.17) is 4.74 Å². The van der Waals surface area contributed by atoms with E-state index in [1.165, 1.54) is 12.1 Å². The fourth-order valence-electron chi connectivity index (χ4n) is 1.54. The van der Waals surface area contributed by atoms with E-state index in [1.54, 1.807) is 13.0 Å². The van der Waals surface area contributed by atoms with Gasteiger partial charge in [0.1, 0.15) is 5.82 Å². The van der Waals surface area contributed by atoms with Gasteiger partial charge in [0.15, 0.2) is 11.4 Å². The van der Waals surface area contributed by atoms with Crippen molar-refractivity contribution in [3.63, 3.8) is 0 Å². The number of H-pyrrole nitrogens is 1. The standard InChI is InChI=1S/C11H10FNO3/c1-2-16-11(15)9-10(14)8-6(12)4-3-5-7(8)13-9/h3-5,13-14H,2H2,1H3. The van der Waals surface area contributed by atoms with Crippen LogP contribution in [0.1, 0.15) is 17.4 Å². The third kappa shape index (κ3) is 1.50. The smallest absolute Gasteiger partial charge is 0.358 e. The monoisotopic (exact) mass is 223 g/mol. The van der Waals surface area contributed by atoms with Crippen molar-refractivity contribution in [1.29, 1.82) is 0 Å². The van der Waals surface area contributed by atoms with Crippen LogP contribution in [0.2, 0.25) is 0 Å². The van der Waals surface area contributed by atoms with Crippen LogP contribution in [0.3, 0.4) is 0 Å². The largest absolute Gasteiger partial charge is 0.505 e. The second-order valence-corrected chi connectivity index (χ2v) is 3.23. The fraction of sp³-hybridized carbons (Fsp3) is 0.182. The van der Waals surface area contributed by atoms with E-state index in [2.05, 4.69) is 4.98 Å². The predicted octanol–water partition coefficient (Wildman–Crippen LogP) is 2.19. The van der Waals surface area contributed by atoms with Gasteiger partial charge in [-0.1, -0.05) is 6.07 Å². The van der Waals surface area contributed by atoms with E-state index >= 15 is 0 Å². The number of carbonyl (C=O) groups is 1. The molecule has 0 aliphatic rings. The number of halogens is 1. The molecule has 4 nitrogen and oxygen atoms in total. The molecule has 0 aliphatic heterocycles. The molecule has 0 amide bonds. The van der Waals surface area contributed by atoms with Crippen molar-refractivity contribution >= 4 is 16.9 Å². The molecule has 2 rings (SSSR count). The molecular formula is C11H10FNO3. The van der Waals surface area contributed by atoms with E-state index < -0.39 is 17.5 Å². The summed E-state index contributed by atoms with van der Waals surface area (Å²) >= 11 is 0. The topological polar surface area (TPSA) is 62.3 Å². The Morgan fingerprint density at radius 1 is 1.56 bits per heavy atom. The summed E-state index contributed by atoms with van der Waals surface area (Å²) < 4.78 is 18.1. The molecule has 5 heteroatoms. The van der Waals surface area contributed by atoms with Gasteiger partial charge >= 0.3 is 5.97 Å². The number of benzene rings is 1. The maximum Gasteiger partial charge on any atom is 0.358 e. The van der Waals surface area contributed by atoms with Gasteiger partial charge in [-0.15, -0.1) is 0 Å². The molecule has 1 aromatic heterocycles. The van der Waals surface area contributed by atoms with Gasteiger partial charge in [-0.25, -0.2) is 9.18 Å². The normalized spacial score (nSPS) is 10.6. The minimum Gasteiger partial charge on any atom is -0.505 e. The van der Waals surface area contributed by atoms with Gasteiger partial charge in [0.2, 0.25) is 0 Å². The average molecular weight is 223 g/mol. The summed E-state index contributed by atoms with van der Waals surface area (Å²) in [6.07, 6.45) is 0. The highest BCUT2D eigenvalue weighted by Crippen LogP contribution is 2.31. The molecule has 0 spiro atoms. The molecule has 0 atom stereocenters. The van der Waals surface area contributed by atoms with Crippen molar-refractivity contribution in [2.24, 2.45) is 0 Å². The lowest BCUT2D eigenvalue weighted by Gasteiger charge is -1.98. The minimum absolute atomic E-state index is 0.00514. The Kier molecular flexibility index (Phi) is 2.52. The maximum absolute atomic E-state index is 13.4. The zero-order valence-corrected chi connectivity index (χ0v) is 8.58. The SMILES string of the molecule is CCOC(=O)c1[nH]c2cccc(F)c2c1O. The molecule has 2 aromatic rings. The lowest BCUT2D eigenvalue weighted by molar-refractivity contribution is 0.0517. The number of hydrogen-bond donors (Lipinski definition) is 2. The first-order valence-electron chi connectivity index (χ1n) is 4.81. The van der Waals surface area contributed by atoms with Crippen molar-refractivity contribution in [1.82, 2.24) is 4.98 Å². The van der Waals surface area contributed by atoms with Gasteiger partial charge in [-0.05, 0) is 19.1 Å². The van der Waals surface area contributed by atoms with Crippen molar-refractivity contribution in [3.05, 3.63) is 29.7 Å². The maximum atomic E-state index is 13.4. The predicted molar refractivity (Wildman–Crippen MR) is 55.9 cm³/mol. The van der Waals surface area contributed by atoms with Crippen LogP contribution in [-0.2, 0) is 4.74 Å². The van der Waals surface area contributed by atoms with Gasteiger partial charge in [-0.2, -0.15) is 0 Å². The minimum atomic E-state index is -0.699. The Balaban J connectivity index is 2.61. The molecular weight excluding hydrogens is 213 g/mol. The molecule has 16 heavy (non-hydrogen) atoms. The lowest BCUT2D eigenvalue weighted by atomic mass is 10.2. The number of nitrogens with one attached hydrogen (secondary N) is 1. The van der Waals surface area contributed by atoms with E-state index in [0.29, 0.717) is 5.52 Å². The number of hydrogen-bond acceptors (Lipinski definition) is 3. The summed E-state index contributed by atoms with van der Waals surface area (Å²) in [6, 6.07) is 4.27. The van der Waals surface area contributed by atoms with Gasteiger partial charge < -0.3 is 14.8 Å². The quantitative estimate of drug-likeness (QED) is 0.767. The summed E-state index contributed by atoms with van der Waals surface area (Å²) in [6.45, 7) is 1.84. The van der Waals surface area contributed by atoms with Crippen LogP contribution in [0.15, 0.2) is 18.2 Å². The average Bonchev–Trinajstić information content (AvgIpc) is 2.58. The molecule has 0 fully saturated rings. The van der Waals surface area contributed by atoms with E-state index in [-0.39, 0.29) is 17.7 Å². The third-order valence-electron chi connectivity index (χ3n) is 2.23. The fourth-order valence-corrected chi connectivity index (χ4v) is 1.54. The molecule has 2 N–H and O–H groups in total. The molecule has 0 aliphatic carbocycles. The Morgan fingerprint density at radius 3 is 2.94 bits per heavy atom. The van der Waals surface area contributed by atoms with Gasteiger partial charge in [0.05, 0.1) is 17.5 Å². The lowest BCUT2D eigenvalue weighted by Crippen LogP contribution is -2.04. The zero-order chi connectivity index (χ0) is 11.7. The zero-order valence-electron chi connectivity index (χ0n) is 8.58. The third-order valence-corrected chi connectivity index (χ3v) is 2.23. The number of aromatic nitrogens is 1. The molecule has 0 saturated heterocycles. The Labute approximate surface area is 90.7 Å². The number of carbonyl (C=O) groups excluding carboxylic acids is 1. The molecule has 1 aromatic carbocycles. The van der Waals surface area contributed by atoms with E-state index in [1.807, 2.05) is 0 Å². The van der Waals surface area contributed by atoms with E-state index in [9.17, 15) is 14.3 Å². The van der Waals surface area contributed by atoms with Crippen molar-refractivity contribution in [2.75, 3.05) is 6.61 Å². The molecule has 0 bridgehead atoms. The number of aromatic hydroxyl groups is 1. The molecule has 1 heterocycles. The molecule has 0 unspecified atom stereocenters. The van der Waals surface area contributed by atoms with Crippen LogP contribution in [0.5, 0.6) is 5.75 Å². The second kappa shape index (κ2) is 3.84. The summed E-state index contributed by atoms with van der Waals surface area (Å²) in [5.74, 6) is -1.69. The Hall–Kier alpha value is -2.04. The van der Waals surface area contributed by atoms with Gasteiger partial charge in [0.25, 0.3) is 0 Å². The van der Waals surface area contributed by atoms with Crippen LogP contribution >= 0.6 is 0 Å². The Bertz CT molecular complexity index is 547. The number of esters is 1. The summed E-state index contributed by atoms with van der Waals surface area (Å²) in [7, 11) is 0. The molecule has 0 radical (unpaired) electrons. The van der Waals surface area contributed by atoms with Crippen LogP contribution in [0, 0.1) is 5.82 Å². The highest BCUT2D eigenvalue weighted by Gasteiger charge is 2.20. The van der Waals surface area contributed by atoms with Gasteiger partial charge in [0, 0.05) is 0 Å². The number of fused-ring (bicyclic) bond motifs is 1.